The lowest BCUT2D eigenvalue weighted by atomic mass is 10.0. The van der Waals surface area contributed by atoms with E-state index in [0.29, 0.717) is 0 Å². The lowest BCUT2D eigenvalue weighted by Crippen LogP contribution is -2.30. The van der Waals surface area contributed by atoms with E-state index in [9.17, 15) is 0 Å². The fourth-order valence-corrected chi connectivity index (χ4v) is 3.85. The number of hydrogen-bond donors (Lipinski definition) is 1. The van der Waals surface area contributed by atoms with E-state index in [4.69, 9.17) is 12.2 Å². The van der Waals surface area contributed by atoms with Gasteiger partial charge < -0.3 is 14.8 Å². The number of para-hydroxylation sites is 1. The van der Waals surface area contributed by atoms with Gasteiger partial charge in [0, 0.05) is 30.3 Å². The Kier molecular flexibility index (Phi) is 4.24. The van der Waals surface area contributed by atoms with Gasteiger partial charge in [-0.05, 0) is 55.5 Å². The minimum Gasteiger partial charge on any atom is -0.351 e. The van der Waals surface area contributed by atoms with E-state index in [-0.39, 0.29) is 12.1 Å². The van der Waals surface area contributed by atoms with Gasteiger partial charge in [0.15, 0.2) is 5.11 Å². The number of aryl methyl sites for hydroxylation is 1. The molecule has 4 nitrogen and oxygen atoms in total. The number of pyridine rings is 1. The number of thiocarbonyl (C=S) groups is 1. The molecule has 0 spiro atoms. The first-order valence-electron chi connectivity index (χ1n) is 8.50. The highest BCUT2D eigenvalue weighted by molar-refractivity contribution is 7.80. The van der Waals surface area contributed by atoms with E-state index in [1.807, 2.05) is 36.5 Å². The lowest BCUT2D eigenvalue weighted by molar-refractivity contribution is 0.529. The van der Waals surface area contributed by atoms with E-state index >= 15 is 0 Å². The molecule has 0 saturated carbocycles. The van der Waals surface area contributed by atoms with Gasteiger partial charge in [-0.1, -0.05) is 24.3 Å². The van der Waals surface area contributed by atoms with Crippen LogP contribution in [0, 0.1) is 0 Å². The van der Waals surface area contributed by atoms with Crippen LogP contribution in [0.1, 0.15) is 30.4 Å². The molecule has 1 aromatic carbocycles. The predicted molar refractivity (Wildman–Crippen MR) is 104 cm³/mol. The molecule has 25 heavy (non-hydrogen) atoms. The molecule has 1 saturated heterocycles. The zero-order valence-electron chi connectivity index (χ0n) is 14.0. The summed E-state index contributed by atoms with van der Waals surface area (Å²) in [6.07, 6.45) is 3.95. The molecule has 1 aliphatic rings. The number of aromatic nitrogens is 2. The van der Waals surface area contributed by atoms with Crippen molar-refractivity contribution in [3.63, 3.8) is 0 Å². The first kappa shape index (κ1) is 15.8. The third-order valence-corrected chi connectivity index (χ3v) is 4.96. The number of hydrogen-bond acceptors (Lipinski definition) is 2. The SMILES string of the molecule is CCn1cccc1[C@H]1[C@@H](c2ccccn2)NC(=S)N1c1ccccc1. The second-order valence-corrected chi connectivity index (χ2v) is 6.44. The smallest absolute Gasteiger partial charge is 0.174 e. The highest BCUT2D eigenvalue weighted by atomic mass is 32.1. The van der Waals surface area contributed by atoms with Gasteiger partial charge in [0.1, 0.15) is 6.04 Å². The summed E-state index contributed by atoms with van der Waals surface area (Å²) in [6.45, 7) is 3.08. The fraction of sp³-hybridized carbons (Fsp3) is 0.200. The molecule has 0 unspecified atom stereocenters. The minimum absolute atomic E-state index is 0.00843. The molecule has 0 amide bonds. The van der Waals surface area contributed by atoms with Crippen molar-refractivity contribution < 1.29 is 0 Å². The maximum atomic E-state index is 5.71. The molecule has 0 aliphatic carbocycles. The van der Waals surface area contributed by atoms with Crippen molar-refractivity contribution in [2.75, 3.05) is 4.90 Å². The summed E-state index contributed by atoms with van der Waals surface area (Å²) in [5.74, 6) is 0. The van der Waals surface area contributed by atoms with Crippen molar-refractivity contribution in [2.24, 2.45) is 0 Å². The molecular weight excluding hydrogens is 328 g/mol. The number of anilines is 1. The van der Waals surface area contributed by atoms with Crippen molar-refractivity contribution in [3.8, 4) is 0 Å². The average Bonchev–Trinajstić information content (AvgIpc) is 3.26. The minimum atomic E-state index is 0.00843. The summed E-state index contributed by atoms with van der Waals surface area (Å²) in [7, 11) is 0. The molecule has 1 aliphatic heterocycles. The third kappa shape index (κ3) is 2.81. The van der Waals surface area contributed by atoms with Gasteiger partial charge in [-0.25, -0.2) is 0 Å². The number of nitrogens with one attached hydrogen (secondary N) is 1. The van der Waals surface area contributed by atoms with Crippen LogP contribution in [0.3, 0.4) is 0 Å². The second kappa shape index (κ2) is 6.69. The molecule has 5 heteroatoms. The molecule has 0 bridgehead atoms. The van der Waals surface area contributed by atoms with Crippen LogP contribution in [-0.2, 0) is 6.54 Å². The van der Waals surface area contributed by atoms with E-state index < -0.39 is 0 Å². The Labute approximate surface area is 153 Å². The van der Waals surface area contributed by atoms with Crippen molar-refractivity contribution >= 4 is 23.0 Å². The van der Waals surface area contributed by atoms with Gasteiger partial charge in [0.2, 0.25) is 0 Å². The Balaban J connectivity index is 1.85. The maximum absolute atomic E-state index is 5.71. The standard InChI is InChI=1S/C20H20N4S/c1-2-23-14-8-12-17(23)19-18(16-11-6-7-13-21-16)22-20(25)24(19)15-9-4-3-5-10-15/h3-14,18-19H,2H2,1H3,(H,22,25)/t18-,19+/m1/s1. The van der Waals surface area contributed by atoms with Crippen molar-refractivity contribution in [3.05, 3.63) is 84.4 Å². The normalized spacial score (nSPS) is 19.9. The molecule has 0 radical (unpaired) electrons. The van der Waals surface area contributed by atoms with Crippen molar-refractivity contribution in [1.29, 1.82) is 0 Å². The number of nitrogens with zero attached hydrogens (tertiary/aromatic N) is 3. The van der Waals surface area contributed by atoms with E-state index in [1.165, 1.54) is 5.69 Å². The Morgan fingerprint density at radius 3 is 2.56 bits per heavy atom. The van der Waals surface area contributed by atoms with Crippen LogP contribution in [0.4, 0.5) is 5.69 Å². The first-order chi connectivity index (χ1) is 12.3. The summed E-state index contributed by atoms with van der Waals surface area (Å²) < 4.78 is 2.27. The Hall–Kier alpha value is -2.66. The largest absolute Gasteiger partial charge is 0.351 e. The fourth-order valence-electron chi connectivity index (χ4n) is 3.51. The zero-order chi connectivity index (χ0) is 17.2. The maximum Gasteiger partial charge on any atom is 0.174 e. The molecule has 2 atom stereocenters. The molecule has 3 heterocycles. The highest BCUT2D eigenvalue weighted by Gasteiger charge is 2.41. The molecule has 126 valence electrons. The van der Waals surface area contributed by atoms with Gasteiger partial charge in [-0.15, -0.1) is 0 Å². The summed E-state index contributed by atoms with van der Waals surface area (Å²) in [5, 5.41) is 4.22. The Morgan fingerprint density at radius 1 is 1.04 bits per heavy atom. The lowest BCUT2D eigenvalue weighted by Gasteiger charge is -2.28. The van der Waals surface area contributed by atoms with E-state index in [2.05, 4.69) is 63.2 Å². The molecule has 3 aromatic rings. The van der Waals surface area contributed by atoms with Crippen LogP contribution in [0.25, 0.3) is 0 Å². The monoisotopic (exact) mass is 348 g/mol. The van der Waals surface area contributed by atoms with Crippen LogP contribution >= 0.6 is 12.2 Å². The van der Waals surface area contributed by atoms with Crippen LogP contribution in [0.15, 0.2) is 73.1 Å². The van der Waals surface area contributed by atoms with E-state index in [0.717, 1.165) is 23.0 Å². The summed E-state index contributed by atoms with van der Waals surface area (Å²) in [5.41, 5.74) is 3.32. The topological polar surface area (TPSA) is 33.1 Å². The first-order valence-corrected chi connectivity index (χ1v) is 8.91. The third-order valence-electron chi connectivity index (χ3n) is 4.64. The van der Waals surface area contributed by atoms with Gasteiger partial charge >= 0.3 is 0 Å². The highest BCUT2D eigenvalue weighted by Crippen LogP contribution is 2.41. The molecular formula is C20H20N4S. The zero-order valence-corrected chi connectivity index (χ0v) is 14.9. The summed E-state index contributed by atoms with van der Waals surface area (Å²) in [6, 6.07) is 20.7. The van der Waals surface area contributed by atoms with Crippen molar-refractivity contribution in [1.82, 2.24) is 14.9 Å². The van der Waals surface area contributed by atoms with Crippen LogP contribution in [0.5, 0.6) is 0 Å². The van der Waals surface area contributed by atoms with Gasteiger partial charge in [0.05, 0.1) is 11.7 Å². The van der Waals surface area contributed by atoms with Crippen LogP contribution in [0.2, 0.25) is 0 Å². The van der Waals surface area contributed by atoms with E-state index in [1.54, 1.807) is 0 Å². The number of benzene rings is 1. The van der Waals surface area contributed by atoms with Gasteiger partial charge in [0.25, 0.3) is 0 Å². The molecule has 4 rings (SSSR count). The quantitative estimate of drug-likeness (QED) is 0.720. The van der Waals surface area contributed by atoms with Crippen molar-refractivity contribution in [2.45, 2.75) is 25.6 Å². The Morgan fingerprint density at radius 2 is 1.84 bits per heavy atom. The average molecular weight is 348 g/mol. The summed E-state index contributed by atoms with van der Waals surface area (Å²) >= 11 is 5.71. The molecule has 2 aromatic heterocycles. The van der Waals surface area contributed by atoms with Crippen LogP contribution < -0.4 is 10.2 Å². The van der Waals surface area contributed by atoms with Gasteiger partial charge in [-0.3, -0.25) is 4.98 Å². The summed E-state index contributed by atoms with van der Waals surface area (Å²) in [4.78, 5) is 6.79. The second-order valence-electron chi connectivity index (χ2n) is 6.05. The van der Waals surface area contributed by atoms with Gasteiger partial charge in [-0.2, -0.15) is 0 Å². The predicted octanol–water partition coefficient (Wildman–Crippen LogP) is 4.08. The van der Waals surface area contributed by atoms with Crippen LogP contribution in [-0.4, -0.2) is 14.7 Å². The molecule has 1 fully saturated rings. The Bertz CT molecular complexity index is 860. The molecule has 1 N–H and O–H groups in total. The number of rotatable bonds is 4.